The van der Waals surface area contributed by atoms with Crippen LogP contribution < -0.4 is 5.32 Å². The van der Waals surface area contributed by atoms with Crippen LogP contribution in [0.15, 0.2) is 17.8 Å². The van der Waals surface area contributed by atoms with Crippen LogP contribution in [-0.2, 0) is 6.42 Å². The van der Waals surface area contributed by atoms with E-state index < -0.39 is 0 Å². The van der Waals surface area contributed by atoms with E-state index in [1.807, 2.05) is 0 Å². The van der Waals surface area contributed by atoms with Crippen LogP contribution in [0.4, 0.5) is 0 Å². The van der Waals surface area contributed by atoms with Gasteiger partial charge in [-0.2, -0.15) is 11.8 Å². The Kier molecular flexibility index (Phi) is 4.38. The van der Waals surface area contributed by atoms with E-state index in [-0.39, 0.29) is 0 Å². The molecule has 3 rings (SSSR count). The summed E-state index contributed by atoms with van der Waals surface area (Å²) >= 11 is 3.85. The molecule has 0 saturated carbocycles. The monoisotopic (exact) mass is 309 g/mol. The summed E-state index contributed by atoms with van der Waals surface area (Å²) in [4.78, 5) is 5.87. The fraction of sp³-hybridized carbons (Fsp3) is 0.667. The minimum atomic E-state index is 0.367. The highest BCUT2D eigenvalue weighted by molar-refractivity contribution is 8.00. The molecule has 3 heterocycles. The van der Waals surface area contributed by atoms with E-state index in [1.54, 1.807) is 11.3 Å². The molecule has 20 heavy (non-hydrogen) atoms. The normalized spacial score (nSPS) is 24.5. The number of thioether (sulfide) groups is 1. The Morgan fingerprint density at radius 3 is 3.15 bits per heavy atom. The van der Waals surface area contributed by atoms with Crippen LogP contribution in [0.1, 0.15) is 38.8 Å². The van der Waals surface area contributed by atoms with Gasteiger partial charge in [-0.1, -0.05) is 6.92 Å². The Morgan fingerprint density at radius 2 is 2.45 bits per heavy atom. The van der Waals surface area contributed by atoms with Crippen LogP contribution in [-0.4, -0.2) is 32.5 Å². The highest BCUT2D eigenvalue weighted by atomic mass is 32.2. The van der Waals surface area contributed by atoms with Gasteiger partial charge in [-0.05, 0) is 38.5 Å². The summed E-state index contributed by atoms with van der Waals surface area (Å²) < 4.78 is 2.51. The van der Waals surface area contributed by atoms with Gasteiger partial charge in [0, 0.05) is 35.0 Å². The fourth-order valence-electron chi connectivity index (χ4n) is 2.98. The zero-order valence-corrected chi connectivity index (χ0v) is 13.9. The van der Waals surface area contributed by atoms with Crippen molar-refractivity contribution in [2.75, 3.05) is 12.3 Å². The van der Waals surface area contributed by atoms with Gasteiger partial charge in [0.25, 0.3) is 0 Å². The number of nitrogens with zero attached hydrogens (tertiary/aromatic N) is 2. The Balaban J connectivity index is 1.76. The van der Waals surface area contributed by atoms with Crippen molar-refractivity contribution < 1.29 is 0 Å². The average Bonchev–Trinajstić information content (AvgIpc) is 3.10. The molecular weight excluding hydrogens is 286 g/mol. The molecule has 1 saturated heterocycles. The molecule has 0 radical (unpaired) electrons. The lowest BCUT2D eigenvalue weighted by Gasteiger charge is -2.34. The van der Waals surface area contributed by atoms with Gasteiger partial charge in [0.05, 0.1) is 5.69 Å². The molecule has 0 amide bonds. The van der Waals surface area contributed by atoms with Crippen LogP contribution in [0, 0.1) is 0 Å². The third-order valence-electron chi connectivity index (χ3n) is 4.18. The average molecular weight is 310 g/mol. The molecule has 2 atom stereocenters. The number of thiazole rings is 1. The van der Waals surface area contributed by atoms with Crippen molar-refractivity contribution in [3.05, 3.63) is 23.5 Å². The maximum atomic E-state index is 4.76. The van der Waals surface area contributed by atoms with Crippen molar-refractivity contribution in [1.29, 1.82) is 0 Å². The summed E-state index contributed by atoms with van der Waals surface area (Å²) in [6.07, 6.45) is 9.19. The Morgan fingerprint density at radius 1 is 1.55 bits per heavy atom. The topological polar surface area (TPSA) is 29.3 Å². The van der Waals surface area contributed by atoms with Gasteiger partial charge < -0.3 is 5.32 Å². The van der Waals surface area contributed by atoms with Crippen molar-refractivity contribution in [1.82, 2.24) is 14.7 Å². The maximum absolute atomic E-state index is 4.76. The number of hydrogen-bond donors (Lipinski definition) is 1. The predicted octanol–water partition coefficient (Wildman–Crippen LogP) is 3.59. The highest BCUT2D eigenvalue weighted by Crippen LogP contribution is 2.41. The summed E-state index contributed by atoms with van der Waals surface area (Å²) in [5.41, 5.74) is 1.22. The van der Waals surface area contributed by atoms with Crippen LogP contribution in [0.25, 0.3) is 4.96 Å². The van der Waals surface area contributed by atoms with E-state index in [0.29, 0.717) is 10.8 Å². The van der Waals surface area contributed by atoms with Gasteiger partial charge in [0.1, 0.15) is 0 Å². The molecule has 1 aliphatic heterocycles. The number of aromatic nitrogens is 2. The third kappa shape index (κ3) is 2.90. The van der Waals surface area contributed by atoms with E-state index in [0.717, 1.165) is 17.9 Å². The highest BCUT2D eigenvalue weighted by Gasteiger charge is 2.37. The smallest absolute Gasteiger partial charge is 0.193 e. The van der Waals surface area contributed by atoms with Gasteiger partial charge >= 0.3 is 0 Å². The molecule has 0 aliphatic carbocycles. The summed E-state index contributed by atoms with van der Waals surface area (Å²) in [7, 11) is 0. The molecule has 0 spiro atoms. The van der Waals surface area contributed by atoms with E-state index >= 15 is 0 Å². The maximum Gasteiger partial charge on any atom is 0.193 e. The lowest BCUT2D eigenvalue weighted by molar-refractivity contribution is 0.397. The zero-order valence-electron chi connectivity index (χ0n) is 12.3. The largest absolute Gasteiger partial charge is 0.312 e. The van der Waals surface area contributed by atoms with E-state index in [9.17, 15) is 0 Å². The first-order valence-corrected chi connectivity index (χ1v) is 9.36. The second kappa shape index (κ2) is 6.08. The van der Waals surface area contributed by atoms with Gasteiger partial charge in [-0.3, -0.25) is 4.40 Å². The molecule has 2 aromatic heterocycles. The molecule has 1 N–H and O–H groups in total. The quantitative estimate of drug-likeness (QED) is 0.884. The zero-order chi connectivity index (χ0) is 14.0. The molecule has 3 nitrogen and oxygen atoms in total. The molecule has 110 valence electrons. The molecule has 2 unspecified atom stereocenters. The van der Waals surface area contributed by atoms with Crippen LogP contribution >= 0.6 is 23.1 Å². The second-order valence-corrected chi connectivity index (χ2v) is 8.30. The number of rotatable bonds is 6. The molecule has 2 aromatic rings. The standard InChI is InChI=1S/C15H23N3S2/c1-3-6-16-13(15(2)5-4-8-20-15)10-12-11-18-7-9-19-14(18)17-12/h7,9,11,13,16H,3-6,8,10H2,1-2H3. The summed E-state index contributed by atoms with van der Waals surface area (Å²) in [5.74, 6) is 1.30. The minimum Gasteiger partial charge on any atom is -0.312 e. The van der Waals surface area contributed by atoms with Crippen LogP contribution in [0.3, 0.4) is 0 Å². The molecule has 5 heteroatoms. The van der Waals surface area contributed by atoms with Gasteiger partial charge in [-0.25, -0.2) is 4.98 Å². The summed E-state index contributed by atoms with van der Waals surface area (Å²) in [6, 6.07) is 0.527. The Labute approximate surface area is 129 Å². The van der Waals surface area contributed by atoms with Crippen molar-refractivity contribution >= 4 is 28.1 Å². The van der Waals surface area contributed by atoms with Crippen LogP contribution in [0.5, 0.6) is 0 Å². The first kappa shape index (κ1) is 14.4. The number of imidazole rings is 1. The minimum absolute atomic E-state index is 0.367. The lowest BCUT2D eigenvalue weighted by Crippen LogP contribution is -2.47. The fourth-order valence-corrected chi connectivity index (χ4v) is 5.11. The Hall–Kier alpha value is -0.520. The first-order chi connectivity index (χ1) is 9.71. The van der Waals surface area contributed by atoms with Gasteiger partial charge in [0.15, 0.2) is 4.96 Å². The summed E-state index contributed by atoms with van der Waals surface area (Å²) in [5, 5.41) is 5.86. The van der Waals surface area contributed by atoms with E-state index in [4.69, 9.17) is 4.98 Å². The number of nitrogens with one attached hydrogen (secondary N) is 1. The van der Waals surface area contributed by atoms with Crippen molar-refractivity contribution in [2.24, 2.45) is 0 Å². The van der Waals surface area contributed by atoms with Gasteiger partial charge in [0.2, 0.25) is 0 Å². The first-order valence-electron chi connectivity index (χ1n) is 7.50. The third-order valence-corrected chi connectivity index (χ3v) is 6.60. The lowest BCUT2D eigenvalue weighted by atomic mass is 9.92. The molecule has 1 aliphatic rings. The molecule has 1 fully saturated rings. The SMILES string of the molecule is CCCNC(Cc1cn2ccsc2n1)C1(C)CCCS1. The molecule has 0 aromatic carbocycles. The number of hydrogen-bond acceptors (Lipinski definition) is 4. The second-order valence-electron chi connectivity index (χ2n) is 5.80. The molecular formula is C15H23N3S2. The van der Waals surface area contributed by atoms with Crippen molar-refractivity contribution in [3.63, 3.8) is 0 Å². The molecule has 0 bridgehead atoms. The van der Waals surface area contributed by atoms with E-state index in [1.165, 1.54) is 30.7 Å². The van der Waals surface area contributed by atoms with Crippen LogP contribution in [0.2, 0.25) is 0 Å². The Bertz CT molecular complexity index is 526. The van der Waals surface area contributed by atoms with Gasteiger partial charge in [-0.15, -0.1) is 11.3 Å². The number of fused-ring (bicyclic) bond motifs is 1. The predicted molar refractivity (Wildman–Crippen MR) is 89.0 cm³/mol. The van der Waals surface area contributed by atoms with E-state index in [2.05, 4.69) is 53.1 Å². The van der Waals surface area contributed by atoms with Crippen molar-refractivity contribution in [2.45, 2.75) is 50.3 Å². The van der Waals surface area contributed by atoms with Crippen molar-refractivity contribution in [3.8, 4) is 0 Å². The summed E-state index contributed by atoms with van der Waals surface area (Å²) in [6.45, 7) is 5.76.